The molecule has 29 heavy (non-hydrogen) atoms. The van der Waals surface area contributed by atoms with Crippen molar-refractivity contribution in [3.8, 4) is 0 Å². The van der Waals surface area contributed by atoms with Gasteiger partial charge in [0.1, 0.15) is 6.04 Å². The molecule has 0 bridgehead atoms. The zero-order valence-corrected chi connectivity index (χ0v) is 16.9. The summed E-state index contributed by atoms with van der Waals surface area (Å²) in [6, 6.07) is -2.09. The van der Waals surface area contributed by atoms with Gasteiger partial charge in [-0.25, -0.2) is 0 Å². The van der Waals surface area contributed by atoms with Gasteiger partial charge in [0, 0.05) is 13.1 Å². The molecule has 0 saturated heterocycles. The molecule has 12 nitrogen and oxygen atoms in total. The maximum Gasteiger partial charge on any atom is 0.305 e. The summed E-state index contributed by atoms with van der Waals surface area (Å²) in [6.07, 6.45) is 0.939. The highest BCUT2D eigenvalue weighted by molar-refractivity contribution is 5.92. The molecule has 12 heteroatoms. The number of guanidine groups is 1. The molecule has 0 radical (unpaired) electrons. The van der Waals surface area contributed by atoms with Crippen LogP contribution in [0, 0.1) is 5.92 Å². The molecule has 0 aromatic rings. The van der Waals surface area contributed by atoms with E-state index in [2.05, 4.69) is 20.9 Å². The molecule has 1 unspecified atom stereocenters. The zero-order chi connectivity index (χ0) is 22.4. The Labute approximate surface area is 170 Å². The van der Waals surface area contributed by atoms with Crippen LogP contribution >= 0.6 is 0 Å². The van der Waals surface area contributed by atoms with E-state index in [1.54, 1.807) is 0 Å². The summed E-state index contributed by atoms with van der Waals surface area (Å²) in [5.41, 5.74) is 16.1. The van der Waals surface area contributed by atoms with Gasteiger partial charge in [0.25, 0.3) is 0 Å². The first-order valence-electron chi connectivity index (χ1n) is 9.40. The average Bonchev–Trinajstić information content (AvgIpc) is 2.61. The second-order valence-corrected chi connectivity index (χ2v) is 6.96. The number of carboxylic acid groups (broad SMARTS) is 1. The summed E-state index contributed by atoms with van der Waals surface area (Å²) in [5, 5.41) is 16.2. The van der Waals surface area contributed by atoms with Gasteiger partial charge in [-0.1, -0.05) is 13.8 Å². The fourth-order valence-electron chi connectivity index (χ4n) is 2.19. The molecule has 2 atom stereocenters. The van der Waals surface area contributed by atoms with E-state index in [1.807, 2.05) is 13.8 Å². The lowest BCUT2D eigenvalue weighted by Crippen LogP contribution is -2.51. The monoisotopic (exact) mass is 415 g/mol. The van der Waals surface area contributed by atoms with E-state index in [-0.39, 0.29) is 5.96 Å². The van der Waals surface area contributed by atoms with Crippen molar-refractivity contribution in [3.63, 3.8) is 0 Å². The fourth-order valence-corrected chi connectivity index (χ4v) is 2.19. The first-order chi connectivity index (χ1) is 13.5. The number of hydrogen-bond acceptors (Lipinski definition) is 6. The summed E-state index contributed by atoms with van der Waals surface area (Å²) < 4.78 is 0. The van der Waals surface area contributed by atoms with Crippen LogP contribution in [0.1, 0.15) is 39.5 Å². The van der Waals surface area contributed by atoms with Crippen LogP contribution in [0.4, 0.5) is 0 Å². The Balaban J connectivity index is 4.44. The van der Waals surface area contributed by atoms with E-state index in [1.165, 1.54) is 0 Å². The molecule has 0 saturated carbocycles. The van der Waals surface area contributed by atoms with E-state index >= 15 is 0 Å². The first kappa shape index (κ1) is 26.1. The number of carboxylic acids is 1. The van der Waals surface area contributed by atoms with E-state index in [0.29, 0.717) is 31.8 Å². The minimum absolute atomic E-state index is 0.0520. The Morgan fingerprint density at radius 3 is 2.24 bits per heavy atom. The number of nitrogens with zero attached hydrogens (tertiary/aromatic N) is 1. The van der Waals surface area contributed by atoms with E-state index < -0.39 is 48.7 Å². The molecule has 0 aromatic carbocycles. The molecule has 166 valence electrons. The number of carbonyl (C=O) groups is 4. The van der Waals surface area contributed by atoms with Crippen LogP contribution in [0.15, 0.2) is 4.99 Å². The van der Waals surface area contributed by atoms with Crippen molar-refractivity contribution in [1.29, 1.82) is 0 Å². The van der Waals surface area contributed by atoms with Crippen molar-refractivity contribution in [1.82, 2.24) is 16.0 Å². The van der Waals surface area contributed by atoms with Crippen molar-refractivity contribution >= 4 is 29.7 Å². The van der Waals surface area contributed by atoms with Crippen molar-refractivity contribution in [2.45, 2.75) is 51.6 Å². The van der Waals surface area contributed by atoms with E-state index in [4.69, 9.17) is 22.3 Å². The molecular weight excluding hydrogens is 382 g/mol. The van der Waals surface area contributed by atoms with Gasteiger partial charge < -0.3 is 38.3 Å². The second kappa shape index (κ2) is 14.2. The maximum atomic E-state index is 12.1. The average molecular weight is 415 g/mol. The molecule has 0 rings (SSSR count). The van der Waals surface area contributed by atoms with E-state index in [9.17, 15) is 19.2 Å². The molecule has 0 spiro atoms. The Morgan fingerprint density at radius 2 is 1.69 bits per heavy atom. The third-order valence-electron chi connectivity index (χ3n) is 3.78. The maximum absolute atomic E-state index is 12.1. The molecule has 0 aliphatic carbocycles. The lowest BCUT2D eigenvalue weighted by Gasteiger charge is -2.18. The standard InChI is InChI=1S/C17H33N7O5/c1-10(2)5-7-21-16(29)12(8-14(26)27)24-13(25)9-23-15(28)11(18)4-3-6-22-17(19)20/h10-12H,3-9,18H2,1-2H3,(H,21,29)(H,23,28)(H,24,25)(H,26,27)(H4,19,20,22)/t11-,12?/m1/s1. The number of nitrogens with two attached hydrogens (primary N) is 3. The summed E-state index contributed by atoms with van der Waals surface area (Å²) in [5.74, 6) is -2.77. The van der Waals surface area contributed by atoms with Crippen molar-refractivity contribution in [2.24, 2.45) is 28.1 Å². The Hall–Kier alpha value is -2.89. The number of amides is 3. The van der Waals surface area contributed by atoms with Gasteiger partial charge in [0.05, 0.1) is 19.0 Å². The van der Waals surface area contributed by atoms with Gasteiger partial charge in [-0.15, -0.1) is 0 Å². The van der Waals surface area contributed by atoms with Crippen molar-refractivity contribution < 1.29 is 24.3 Å². The molecule has 0 heterocycles. The van der Waals surface area contributed by atoms with Gasteiger partial charge in [-0.05, 0) is 25.2 Å². The highest BCUT2D eigenvalue weighted by Gasteiger charge is 2.24. The minimum atomic E-state index is -1.24. The van der Waals surface area contributed by atoms with Crippen LogP contribution in [-0.2, 0) is 19.2 Å². The van der Waals surface area contributed by atoms with Crippen molar-refractivity contribution in [3.05, 3.63) is 0 Å². The Bertz CT molecular complexity index is 591. The van der Waals surface area contributed by atoms with Crippen LogP contribution in [0.25, 0.3) is 0 Å². The summed E-state index contributed by atoms with van der Waals surface area (Å²) >= 11 is 0. The molecule has 10 N–H and O–H groups in total. The Morgan fingerprint density at radius 1 is 1.03 bits per heavy atom. The molecule has 0 aromatic heterocycles. The summed E-state index contributed by atoms with van der Waals surface area (Å²) in [7, 11) is 0. The lowest BCUT2D eigenvalue weighted by molar-refractivity contribution is -0.140. The van der Waals surface area contributed by atoms with Crippen LogP contribution < -0.4 is 33.2 Å². The van der Waals surface area contributed by atoms with E-state index in [0.717, 1.165) is 6.42 Å². The normalized spacial score (nSPS) is 12.6. The van der Waals surface area contributed by atoms with Crippen LogP contribution in [0.3, 0.4) is 0 Å². The third kappa shape index (κ3) is 13.9. The molecule has 0 aliphatic rings. The van der Waals surface area contributed by atoms with Gasteiger partial charge >= 0.3 is 5.97 Å². The van der Waals surface area contributed by atoms with Crippen molar-refractivity contribution in [2.75, 3.05) is 19.6 Å². The predicted molar refractivity (Wildman–Crippen MR) is 108 cm³/mol. The minimum Gasteiger partial charge on any atom is -0.481 e. The largest absolute Gasteiger partial charge is 0.481 e. The second-order valence-electron chi connectivity index (χ2n) is 6.96. The quantitative estimate of drug-likeness (QED) is 0.0920. The van der Waals surface area contributed by atoms with Crippen LogP contribution in [0.2, 0.25) is 0 Å². The number of nitrogens with one attached hydrogen (secondary N) is 3. The lowest BCUT2D eigenvalue weighted by atomic mass is 10.1. The topological polar surface area (TPSA) is 215 Å². The van der Waals surface area contributed by atoms with Gasteiger partial charge in [-0.2, -0.15) is 0 Å². The van der Waals surface area contributed by atoms with Crippen LogP contribution in [0.5, 0.6) is 0 Å². The predicted octanol–water partition coefficient (Wildman–Crippen LogP) is -2.39. The third-order valence-corrected chi connectivity index (χ3v) is 3.78. The van der Waals surface area contributed by atoms with Crippen LogP contribution in [-0.4, -0.2) is 66.5 Å². The summed E-state index contributed by atoms with van der Waals surface area (Å²) in [6.45, 7) is 4.23. The zero-order valence-electron chi connectivity index (χ0n) is 16.9. The number of rotatable bonds is 14. The molecule has 0 aliphatic heterocycles. The smallest absolute Gasteiger partial charge is 0.305 e. The molecule has 3 amide bonds. The number of carbonyl (C=O) groups excluding carboxylic acids is 3. The number of aliphatic imine (C=N–C) groups is 1. The van der Waals surface area contributed by atoms with Gasteiger partial charge in [0.15, 0.2) is 5.96 Å². The fraction of sp³-hybridized carbons (Fsp3) is 0.706. The molecule has 0 fully saturated rings. The first-order valence-corrected chi connectivity index (χ1v) is 9.40. The highest BCUT2D eigenvalue weighted by Crippen LogP contribution is 1.99. The Kier molecular flexibility index (Phi) is 12.7. The molecular formula is C17H33N7O5. The SMILES string of the molecule is CC(C)CCNC(=O)C(CC(=O)O)NC(=O)CNC(=O)[C@H](N)CCCN=C(N)N. The number of hydrogen-bond donors (Lipinski definition) is 7. The van der Waals surface area contributed by atoms with Gasteiger partial charge in [0.2, 0.25) is 17.7 Å². The number of aliphatic carboxylic acids is 1. The summed E-state index contributed by atoms with van der Waals surface area (Å²) in [4.78, 5) is 50.7. The van der Waals surface area contributed by atoms with Gasteiger partial charge in [-0.3, -0.25) is 24.2 Å². The highest BCUT2D eigenvalue weighted by atomic mass is 16.4.